The highest BCUT2D eigenvalue weighted by atomic mass is 35.5. The van der Waals surface area contributed by atoms with Crippen molar-refractivity contribution >= 4 is 29.3 Å². The molecule has 1 saturated carbocycles. The highest BCUT2D eigenvalue weighted by Gasteiger charge is 2.47. The molecule has 2 aromatic rings. The quantitative estimate of drug-likeness (QED) is 0.491. The topological polar surface area (TPSA) is 61.8 Å². The maximum absolute atomic E-state index is 13.3. The van der Waals surface area contributed by atoms with Gasteiger partial charge in [0.15, 0.2) is 0 Å². The lowest BCUT2D eigenvalue weighted by molar-refractivity contribution is -0.130. The molecule has 2 aromatic carbocycles. The Kier molecular flexibility index (Phi) is 7.13. The molecule has 34 heavy (non-hydrogen) atoms. The number of rotatable bonds is 8. The SMILES string of the molecule is CCC(C)C1=NC(C)(C2CC2)CC(=O)N1Cc1cc(Cl)cc(C(=O)NC(C)c2ccccc2)c1. The van der Waals surface area contributed by atoms with Crippen molar-refractivity contribution in [1.82, 2.24) is 10.2 Å². The van der Waals surface area contributed by atoms with Gasteiger partial charge in [-0.15, -0.1) is 0 Å². The Morgan fingerprint density at radius 3 is 2.56 bits per heavy atom. The van der Waals surface area contributed by atoms with Crippen molar-refractivity contribution in [3.63, 3.8) is 0 Å². The number of aliphatic imine (C=N–C) groups is 1. The Balaban J connectivity index is 1.56. The van der Waals surface area contributed by atoms with E-state index in [9.17, 15) is 9.59 Å². The van der Waals surface area contributed by atoms with E-state index in [1.54, 1.807) is 11.0 Å². The standard InChI is InChI=1S/C28H34ClN3O2/c1-5-18(2)26-31-28(4,23-11-12-23)16-25(33)32(26)17-20-13-22(15-24(29)14-20)27(34)30-19(3)21-9-7-6-8-10-21/h6-10,13-15,18-19,23H,5,11-12,16-17H2,1-4H3,(H,30,34). The monoisotopic (exact) mass is 479 g/mol. The molecule has 3 unspecified atom stereocenters. The summed E-state index contributed by atoms with van der Waals surface area (Å²) in [6, 6.07) is 15.0. The molecule has 180 valence electrons. The molecule has 6 heteroatoms. The van der Waals surface area contributed by atoms with Crippen molar-refractivity contribution in [3.8, 4) is 0 Å². The molecule has 3 atom stereocenters. The van der Waals surface area contributed by atoms with Gasteiger partial charge in [-0.3, -0.25) is 19.5 Å². The summed E-state index contributed by atoms with van der Waals surface area (Å²) in [4.78, 5) is 33.3. The number of nitrogens with zero attached hydrogens (tertiary/aromatic N) is 2. The average Bonchev–Trinajstić information content (AvgIpc) is 3.66. The maximum Gasteiger partial charge on any atom is 0.251 e. The summed E-state index contributed by atoms with van der Waals surface area (Å²) in [5.41, 5.74) is 2.05. The Morgan fingerprint density at radius 2 is 1.91 bits per heavy atom. The zero-order valence-corrected chi connectivity index (χ0v) is 21.2. The van der Waals surface area contributed by atoms with Crippen LogP contribution in [0.3, 0.4) is 0 Å². The zero-order chi connectivity index (χ0) is 24.5. The molecule has 1 aliphatic heterocycles. The number of amidine groups is 1. The average molecular weight is 480 g/mol. The fourth-order valence-electron chi connectivity index (χ4n) is 4.72. The van der Waals surface area contributed by atoms with E-state index in [0.29, 0.717) is 29.5 Å². The van der Waals surface area contributed by atoms with E-state index < -0.39 is 0 Å². The predicted octanol–water partition coefficient (Wildman–Crippen LogP) is 6.18. The Bertz CT molecular complexity index is 1100. The fourth-order valence-corrected chi connectivity index (χ4v) is 4.98. The molecule has 1 heterocycles. The van der Waals surface area contributed by atoms with Crippen LogP contribution >= 0.6 is 11.6 Å². The summed E-state index contributed by atoms with van der Waals surface area (Å²) in [7, 11) is 0. The minimum absolute atomic E-state index is 0.100. The first kappa shape index (κ1) is 24.5. The van der Waals surface area contributed by atoms with E-state index in [4.69, 9.17) is 16.6 Å². The lowest BCUT2D eigenvalue weighted by Crippen LogP contribution is -2.49. The molecule has 5 nitrogen and oxygen atoms in total. The summed E-state index contributed by atoms with van der Waals surface area (Å²) in [5.74, 6) is 1.45. The first-order valence-corrected chi connectivity index (χ1v) is 12.6. The molecule has 1 fully saturated rings. The van der Waals surface area contributed by atoms with Crippen molar-refractivity contribution in [1.29, 1.82) is 0 Å². The second-order valence-electron chi connectivity index (χ2n) is 10.0. The van der Waals surface area contributed by atoms with Crippen molar-refractivity contribution in [2.75, 3.05) is 0 Å². The first-order valence-electron chi connectivity index (χ1n) is 12.3. The number of amides is 2. The van der Waals surface area contributed by atoms with E-state index in [-0.39, 0.29) is 29.3 Å². The van der Waals surface area contributed by atoms with Crippen molar-refractivity contribution < 1.29 is 9.59 Å². The molecule has 1 aliphatic carbocycles. The van der Waals surface area contributed by atoms with Crippen LogP contribution < -0.4 is 5.32 Å². The molecule has 4 rings (SSSR count). The van der Waals surface area contributed by atoms with Crippen LogP contribution in [0.25, 0.3) is 0 Å². The molecule has 0 bridgehead atoms. The second kappa shape index (κ2) is 9.91. The molecule has 0 saturated heterocycles. The largest absolute Gasteiger partial charge is 0.346 e. The van der Waals surface area contributed by atoms with Crippen LogP contribution in [0.5, 0.6) is 0 Å². The normalized spacial score (nSPS) is 22.2. The van der Waals surface area contributed by atoms with Gasteiger partial charge in [0.25, 0.3) is 5.91 Å². The summed E-state index contributed by atoms with van der Waals surface area (Å²) in [5, 5.41) is 3.52. The van der Waals surface area contributed by atoms with E-state index in [1.165, 1.54) is 0 Å². The fraction of sp³-hybridized carbons (Fsp3) is 0.464. The number of hydrogen-bond acceptors (Lipinski definition) is 3. The number of hydrogen-bond donors (Lipinski definition) is 1. The van der Waals surface area contributed by atoms with Crippen LogP contribution in [0.1, 0.15) is 80.9 Å². The van der Waals surface area contributed by atoms with Gasteiger partial charge >= 0.3 is 0 Å². The van der Waals surface area contributed by atoms with Gasteiger partial charge in [0.05, 0.1) is 24.5 Å². The lowest BCUT2D eigenvalue weighted by Gasteiger charge is -2.39. The summed E-state index contributed by atoms with van der Waals surface area (Å²) in [6.45, 7) is 8.68. The van der Waals surface area contributed by atoms with Gasteiger partial charge in [-0.25, -0.2) is 0 Å². The molecule has 2 amide bonds. The van der Waals surface area contributed by atoms with Gasteiger partial charge in [-0.1, -0.05) is 55.8 Å². The minimum atomic E-state index is -0.292. The third kappa shape index (κ3) is 5.35. The van der Waals surface area contributed by atoms with Crippen LogP contribution in [0.2, 0.25) is 5.02 Å². The third-order valence-electron chi connectivity index (χ3n) is 7.17. The lowest BCUT2D eigenvalue weighted by atomic mass is 9.88. The zero-order valence-electron chi connectivity index (χ0n) is 20.5. The second-order valence-corrected chi connectivity index (χ2v) is 10.5. The highest BCUT2D eigenvalue weighted by Crippen LogP contribution is 2.46. The van der Waals surface area contributed by atoms with Gasteiger partial charge in [0.1, 0.15) is 5.84 Å². The summed E-state index contributed by atoms with van der Waals surface area (Å²) >= 11 is 6.41. The van der Waals surface area contributed by atoms with Crippen LogP contribution in [-0.2, 0) is 11.3 Å². The number of benzene rings is 2. The first-order chi connectivity index (χ1) is 16.2. The van der Waals surface area contributed by atoms with Gasteiger partial charge < -0.3 is 5.32 Å². The van der Waals surface area contributed by atoms with Crippen molar-refractivity contribution in [2.45, 2.75) is 71.5 Å². The number of carbonyl (C=O) groups excluding carboxylic acids is 2. The Labute approximate surface area is 207 Å². The Hall–Kier alpha value is -2.66. The molecular weight excluding hydrogens is 446 g/mol. The van der Waals surface area contributed by atoms with E-state index in [1.807, 2.05) is 49.4 Å². The van der Waals surface area contributed by atoms with Gasteiger partial charge in [0, 0.05) is 16.5 Å². The Morgan fingerprint density at radius 1 is 1.21 bits per heavy atom. The van der Waals surface area contributed by atoms with Gasteiger partial charge in [0.2, 0.25) is 5.91 Å². The van der Waals surface area contributed by atoms with Crippen molar-refractivity contribution in [3.05, 3.63) is 70.2 Å². The smallest absolute Gasteiger partial charge is 0.251 e. The highest BCUT2D eigenvalue weighted by molar-refractivity contribution is 6.31. The molecule has 0 radical (unpaired) electrons. The number of carbonyl (C=O) groups is 2. The predicted molar refractivity (Wildman–Crippen MR) is 137 cm³/mol. The van der Waals surface area contributed by atoms with Gasteiger partial charge in [-0.2, -0.15) is 0 Å². The molecule has 0 aromatic heterocycles. The maximum atomic E-state index is 13.3. The molecular formula is C28H34ClN3O2. The number of halogens is 1. The van der Waals surface area contributed by atoms with E-state index in [0.717, 1.165) is 36.2 Å². The molecule has 1 N–H and O–H groups in total. The van der Waals surface area contributed by atoms with Crippen LogP contribution in [0.4, 0.5) is 0 Å². The van der Waals surface area contributed by atoms with Crippen molar-refractivity contribution in [2.24, 2.45) is 16.8 Å². The summed E-state index contributed by atoms with van der Waals surface area (Å²) < 4.78 is 0. The van der Waals surface area contributed by atoms with E-state index >= 15 is 0 Å². The molecule has 2 aliphatic rings. The third-order valence-corrected chi connectivity index (χ3v) is 7.39. The summed E-state index contributed by atoms with van der Waals surface area (Å²) in [6.07, 6.45) is 3.63. The van der Waals surface area contributed by atoms with Crippen LogP contribution in [-0.4, -0.2) is 28.1 Å². The van der Waals surface area contributed by atoms with Crippen LogP contribution in [0, 0.1) is 11.8 Å². The number of nitrogens with one attached hydrogen (secondary N) is 1. The van der Waals surface area contributed by atoms with Gasteiger partial charge in [-0.05, 0) is 68.4 Å². The minimum Gasteiger partial charge on any atom is -0.346 e. The van der Waals surface area contributed by atoms with E-state index in [2.05, 4.69) is 26.1 Å². The van der Waals surface area contributed by atoms with Crippen LogP contribution in [0.15, 0.2) is 53.5 Å². The molecule has 0 spiro atoms.